The summed E-state index contributed by atoms with van der Waals surface area (Å²) in [5.41, 5.74) is 1.04. The maximum Gasteiger partial charge on any atom is 0.316 e. The second kappa shape index (κ2) is 9.81. The van der Waals surface area contributed by atoms with Crippen LogP contribution in [0.25, 0.3) is 5.69 Å². The zero-order chi connectivity index (χ0) is 22.0. The van der Waals surface area contributed by atoms with E-state index in [0.29, 0.717) is 48.3 Å². The van der Waals surface area contributed by atoms with Crippen LogP contribution in [0, 0.1) is 0 Å². The molecule has 1 aliphatic heterocycles. The highest BCUT2D eigenvalue weighted by Crippen LogP contribution is 2.30. The molecule has 1 aromatic carbocycles. The number of rotatable bonds is 6. The molecule has 0 N–H and O–H groups in total. The third kappa shape index (κ3) is 5.03. The number of aromatic nitrogens is 2. The molecule has 1 atom stereocenters. The van der Waals surface area contributed by atoms with E-state index < -0.39 is 11.4 Å². The van der Waals surface area contributed by atoms with Gasteiger partial charge < -0.3 is 14.2 Å². The Hall–Kier alpha value is -1.74. The number of piperazine rings is 1. The maximum absolute atomic E-state index is 13.4. The largest absolute Gasteiger partial charge is 0.598 e. The van der Waals surface area contributed by atoms with Crippen molar-refractivity contribution in [3.8, 4) is 11.4 Å². The molecule has 0 spiro atoms. The highest BCUT2D eigenvalue weighted by molar-refractivity contribution is 7.89. The average Bonchev–Trinajstić information content (AvgIpc) is 3.28. The van der Waals surface area contributed by atoms with Gasteiger partial charge in [0.1, 0.15) is 10.9 Å². The fourth-order valence-electron chi connectivity index (χ4n) is 4.14. The molecule has 7 nitrogen and oxygen atoms in total. The Morgan fingerprint density at radius 3 is 2.55 bits per heavy atom. The zero-order valence-corrected chi connectivity index (χ0v) is 19.6. The maximum atomic E-state index is 13.4. The summed E-state index contributed by atoms with van der Waals surface area (Å²) in [5, 5.41) is 5.07. The summed E-state index contributed by atoms with van der Waals surface area (Å²) in [6, 6.07) is 7.08. The van der Waals surface area contributed by atoms with Gasteiger partial charge in [0.05, 0.1) is 31.1 Å². The van der Waals surface area contributed by atoms with Gasteiger partial charge in [0.25, 0.3) is 0 Å². The first kappa shape index (κ1) is 22.5. The molecule has 1 saturated carbocycles. The number of anilines is 1. The Bertz CT molecular complexity index is 956. The van der Waals surface area contributed by atoms with Crippen LogP contribution < -0.4 is 15.2 Å². The minimum atomic E-state index is -0.992. The van der Waals surface area contributed by atoms with Crippen molar-refractivity contribution < 1.29 is 9.29 Å². The molecule has 31 heavy (non-hydrogen) atoms. The first-order valence-electron chi connectivity index (χ1n) is 10.9. The molecule has 2 aromatic rings. The highest BCUT2D eigenvalue weighted by atomic mass is 35.5. The molecule has 1 saturated heterocycles. The standard InChI is InChI=1S/C22H29ClN4O3S/c1-16(2)31(29)26-12-10-25(11-13-26)20-15-24-27(18-7-5-6-17(23)14-18)22(28)21(20)30-19-8-3-4-9-19/h5-7,14-16,19H,3-4,8-13H2,1-2H3. The summed E-state index contributed by atoms with van der Waals surface area (Å²) in [5.74, 6) is 0.348. The van der Waals surface area contributed by atoms with Crippen LogP contribution in [0.1, 0.15) is 39.5 Å². The van der Waals surface area contributed by atoms with Gasteiger partial charge in [0, 0.05) is 29.5 Å². The Kier molecular flexibility index (Phi) is 7.11. The smallest absolute Gasteiger partial charge is 0.316 e. The van der Waals surface area contributed by atoms with Gasteiger partial charge in [0.15, 0.2) is 0 Å². The van der Waals surface area contributed by atoms with E-state index in [-0.39, 0.29) is 16.9 Å². The van der Waals surface area contributed by atoms with Crippen molar-refractivity contribution in [2.24, 2.45) is 0 Å². The summed E-state index contributed by atoms with van der Waals surface area (Å²) >= 11 is 5.13. The van der Waals surface area contributed by atoms with Gasteiger partial charge in [-0.25, -0.2) is 0 Å². The molecule has 2 aliphatic rings. The third-order valence-corrected chi connectivity index (χ3v) is 7.71. The zero-order valence-electron chi connectivity index (χ0n) is 18.0. The number of nitrogens with zero attached hydrogens (tertiary/aromatic N) is 4. The van der Waals surface area contributed by atoms with Gasteiger partial charge in [-0.1, -0.05) is 17.7 Å². The molecule has 168 valence electrons. The predicted octanol–water partition coefficient (Wildman–Crippen LogP) is 3.40. The molecule has 2 fully saturated rings. The van der Waals surface area contributed by atoms with Crippen molar-refractivity contribution >= 4 is 28.7 Å². The Labute approximate surface area is 191 Å². The van der Waals surface area contributed by atoms with Gasteiger partial charge >= 0.3 is 5.56 Å². The Balaban J connectivity index is 1.64. The van der Waals surface area contributed by atoms with E-state index >= 15 is 0 Å². The number of ether oxygens (including phenoxy) is 1. The van der Waals surface area contributed by atoms with Crippen molar-refractivity contribution in [1.29, 1.82) is 0 Å². The first-order valence-corrected chi connectivity index (χ1v) is 12.4. The van der Waals surface area contributed by atoms with Crippen molar-refractivity contribution in [3.63, 3.8) is 0 Å². The van der Waals surface area contributed by atoms with E-state index in [0.717, 1.165) is 25.7 Å². The molecule has 0 amide bonds. The predicted molar refractivity (Wildman–Crippen MR) is 125 cm³/mol. The molecule has 1 unspecified atom stereocenters. The van der Waals surface area contributed by atoms with Crippen molar-refractivity contribution in [2.45, 2.75) is 50.9 Å². The quantitative estimate of drug-likeness (QED) is 0.610. The average molecular weight is 465 g/mol. The van der Waals surface area contributed by atoms with Gasteiger partial charge in [-0.05, 0) is 57.7 Å². The summed E-state index contributed by atoms with van der Waals surface area (Å²) in [6.45, 7) is 6.62. The summed E-state index contributed by atoms with van der Waals surface area (Å²) in [6.07, 6.45) is 5.91. The lowest BCUT2D eigenvalue weighted by molar-refractivity contribution is 0.205. The lowest BCUT2D eigenvalue weighted by Crippen LogP contribution is -2.50. The SMILES string of the molecule is CC(C)[S+]([O-])N1CCN(c2cnn(-c3cccc(Cl)c3)c(=O)c2OC2CCCC2)CC1. The van der Waals surface area contributed by atoms with Gasteiger partial charge in [-0.2, -0.15) is 9.78 Å². The Morgan fingerprint density at radius 2 is 1.90 bits per heavy atom. The normalized spacial score (nSPS) is 19.2. The molecule has 0 bridgehead atoms. The first-order chi connectivity index (χ1) is 14.9. The van der Waals surface area contributed by atoms with E-state index in [4.69, 9.17) is 16.3 Å². The number of benzene rings is 1. The summed E-state index contributed by atoms with van der Waals surface area (Å²) in [4.78, 5) is 15.6. The van der Waals surface area contributed by atoms with Crippen LogP contribution in [0.2, 0.25) is 5.02 Å². The van der Waals surface area contributed by atoms with Gasteiger partial charge in [-0.3, -0.25) is 4.79 Å². The van der Waals surface area contributed by atoms with Crippen LogP contribution in [0.3, 0.4) is 0 Å². The summed E-state index contributed by atoms with van der Waals surface area (Å²) < 4.78 is 22.1. The molecule has 1 aliphatic carbocycles. The number of halogens is 1. The fraction of sp³-hybridized carbons (Fsp3) is 0.545. The van der Waals surface area contributed by atoms with Gasteiger partial charge in [0.2, 0.25) is 5.75 Å². The Morgan fingerprint density at radius 1 is 1.19 bits per heavy atom. The van der Waals surface area contributed by atoms with Crippen LogP contribution in [0.4, 0.5) is 5.69 Å². The number of hydrogen-bond donors (Lipinski definition) is 0. The van der Waals surface area contributed by atoms with E-state index in [1.165, 1.54) is 4.68 Å². The fourth-order valence-corrected chi connectivity index (χ4v) is 5.44. The van der Waals surface area contributed by atoms with Crippen LogP contribution in [0.5, 0.6) is 5.75 Å². The minimum absolute atomic E-state index is 0.0522. The minimum Gasteiger partial charge on any atom is -0.598 e. The molecular weight excluding hydrogens is 436 g/mol. The van der Waals surface area contributed by atoms with E-state index in [2.05, 4.69) is 10.00 Å². The molecule has 2 heterocycles. The second-order valence-electron chi connectivity index (χ2n) is 8.32. The van der Waals surface area contributed by atoms with Crippen LogP contribution in [-0.2, 0) is 11.4 Å². The molecular formula is C22H29ClN4O3S. The van der Waals surface area contributed by atoms with Crippen molar-refractivity contribution in [2.75, 3.05) is 31.1 Å². The highest BCUT2D eigenvalue weighted by Gasteiger charge is 2.31. The lowest BCUT2D eigenvalue weighted by Gasteiger charge is -2.37. The monoisotopic (exact) mass is 464 g/mol. The van der Waals surface area contributed by atoms with Crippen molar-refractivity contribution in [1.82, 2.24) is 14.1 Å². The van der Waals surface area contributed by atoms with Crippen LogP contribution in [0.15, 0.2) is 35.3 Å². The van der Waals surface area contributed by atoms with Gasteiger partial charge in [-0.15, -0.1) is 4.31 Å². The van der Waals surface area contributed by atoms with E-state index in [1.54, 1.807) is 30.5 Å². The lowest BCUT2D eigenvalue weighted by atomic mass is 10.2. The third-order valence-electron chi connectivity index (χ3n) is 5.79. The van der Waals surface area contributed by atoms with E-state index in [1.807, 2.05) is 18.2 Å². The summed E-state index contributed by atoms with van der Waals surface area (Å²) in [7, 11) is 0. The van der Waals surface area contributed by atoms with E-state index in [9.17, 15) is 9.35 Å². The topological polar surface area (TPSA) is 73.7 Å². The molecule has 9 heteroatoms. The van der Waals surface area contributed by atoms with Crippen LogP contribution >= 0.6 is 11.6 Å². The van der Waals surface area contributed by atoms with Crippen molar-refractivity contribution in [3.05, 3.63) is 45.8 Å². The molecule has 0 radical (unpaired) electrons. The van der Waals surface area contributed by atoms with Crippen LogP contribution in [-0.4, -0.2) is 56.2 Å². The second-order valence-corrected chi connectivity index (χ2v) is 10.8. The molecule has 1 aromatic heterocycles. The number of hydrogen-bond acceptors (Lipinski definition) is 6. The molecule has 4 rings (SSSR count).